The SMILES string of the molecule is CCCc1nn(C)c(N2CCCCC2C(C)=O)c1[N+](=O)[O-]. The average Bonchev–Trinajstić information content (AvgIpc) is 2.75. The summed E-state index contributed by atoms with van der Waals surface area (Å²) in [5.41, 5.74) is 0.570. The van der Waals surface area contributed by atoms with Crippen LogP contribution in [0.2, 0.25) is 0 Å². The van der Waals surface area contributed by atoms with E-state index in [1.807, 2.05) is 11.8 Å². The molecule has 1 unspecified atom stereocenters. The molecule has 0 N–H and O–H groups in total. The zero-order chi connectivity index (χ0) is 15.6. The van der Waals surface area contributed by atoms with Crippen LogP contribution >= 0.6 is 0 Å². The number of carbonyl (C=O) groups excluding carboxylic acids is 1. The third-order valence-electron chi connectivity index (χ3n) is 3.98. The molecule has 2 rings (SSSR count). The normalized spacial score (nSPS) is 18.8. The van der Waals surface area contributed by atoms with Crippen LogP contribution in [0, 0.1) is 10.1 Å². The fraction of sp³-hybridized carbons (Fsp3) is 0.714. The number of rotatable bonds is 5. The Morgan fingerprint density at radius 3 is 2.76 bits per heavy atom. The second-order valence-corrected chi connectivity index (χ2v) is 5.57. The monoisotopic (exact) mass is 294 g/mol. The standard InChI is InChI=1S/C14H22N4O3/c1-4-7-11-13(18(20)21)14(16(3)15-11)17-9-6-5-8-12(17)10(2)19/h12H,4-9H2,1-3H3. The van der Waals surface area contributed by atoms with Crippen molar-refractivity contribution in [3.8, 4) is 0 Å². The van der Waals surface area contributed by atoms with Crippen LogP contribution in [0.25, 0.3) is 0 Å². The number of nitrogens with zero attached hydrogens (tertiary/aromatic N) is 4. The van der Waals surface area contributed by atoms with Crippen molar-refractivity contribution in [2.24, 2.45) is 7.05 Å². The lowest BCUT2D eigenvalue weighted by Gasteiger charge is -2.34. The van der Waals surface area contributed by atoms with Crippen LogP contribution < -0.4 is 4.90 Å². The Morgan fingerprint density at radius 2 is 2.19 bits per heavy atom. The van der Waals surface area contributed by atoms with Gasteiger partial charge in [0.2, 0.25) is 5.82 Å². The minimum atomic E-state index is -0.362. The molecule has 0 spiro atoms. The Morgan fingerprint density at radius 1 is 1.48 bits per heavy atom. The molecule has 21 heavy (non-hydrogen) atoms. The number of ketones is 1. The van der Waals surface area contributed by atoms with Crippen LogP contribution in [0.1, 0.15) is 45.2 Å². The molecule has 2 heterocycles. The quantitative estimate of drug-likeness (QED) is 0.614. The molecule has 7 heteroatoms. The number of Topliss-reactive ketones (excluding diaryl/α,β-unsaturated/α-hetero) is 1. The molecule has 7 nitrogen and oxygen atoms in total. The molecule has 0 bridgehead atoms. The maximum absolute atomic E-state index is 11.9. The minimum absolute atomic E-state index is 0.0576. The van der Waals surface area contributed by atoms with E-state index in [0.717, 1.165) is 25.7 Å². The number of hydrogen-bond acceptors (Lipinski definition) is 5. The molecule has 1 aliphatic heterocycles. The van der Waals surface area contributed by atoms with Gasteiger partial charge < -0.3 is 4.90 Å². The Labute approximate surface area is 124 Å². The molecule has 0 aliphatic carbocycles. The number of anilines is 1. The van der Waals surface area contributed by atoms with Crippen molar-refractivity contribution in [3.63, 3.8) is 0 Å². The average molecular weight is 294 g/mol. The molecule has 1 aromatic rings. The van der Waals surface area contributed by atoms with E-state index in [4.69, 9.17) is 0 Å². The molecule has 0 amide bonds. The molecule has 0 saturated carbocycles. The summed E-state index contributed by atoms with van der Waals surface area (Å²) in [6.45, 7) is 4.19. The van der Waals surface area contributed by atoms with Gasteiger partial charge >= 0.3 is 5.69 Å². The predicted octanol–water partition coefficient (Wildman–Crippen LogP) is 2.23. The van der Waals surface area contributed by atoms with Crippen molar-refractivity contribution in [1.29, 1.82) is 0 Å². The summed E-state index contributed by atoms with van der Waals surface area (Å²) in [5.74, 6) is 0.533. The predicted molar refractivity (Wildman–Crippen MR) is 79.5 cm³/mol. The molecular weight excluding hydrogens is 272 g/mol. The summed E-state index contributed by atoms with van der Waals surface area (Å²) >= 11 is 0. The van der Waals surface area contributed by atoms with Gasteiger partial charge in [-0.3, -0.25) is 14.9 Å². The van der Waals surface area contributed by atoms with E-state index >= 15 is 0 Å². The van der Waals surface area contributed by atoms with Gasteiger partial charge in [-0.25, -0.2) is 4.68 Å². The van der Waals surface area contributed by atoms with Crippen molar-refractivity contribution in [2.75, 3.05) is 11.4 Å². The van der Waals surface area contributed by atoms with Gasteiger partial charge in [-0.15, -0.1) is 0 Å². The first-order chi connectivity index (χ1) is 9.97. The molecule has 1 aliphatic rings. The third kappa shape index (κ3) is 2.91. The van der Waals surface area contributed by atoms with E-state index in [-0.39, 0.29) is 22.4 Å². The molecule has 1 aromatic heterocycles. The minimum Gasteiger partial charge on any atom is -0.341 e. The van der Waals surface area contributed by atoms with Gasteiger partial charge in [0, 0.05) is 13.6 Å². The van der Waals surface area contributed by atoms with Crippen LogP contribution in [0.15, 0.2) is 0 Å². The first-order valence-corrected chi connectivity index (χ1v) is 7.44. The summed E-state index contributed by atoms with van der Waals surface area (Å²) in [7, 11) is 1.72. The van der Waals surface area contributed by atoms with Crippen molar-refractivity contribution in [1.82, 2.24) is 9.78 Å². The first-order valence-electron chi connectivity index (χ1n) is 7.44. The van der Waals surface area contributed by atoms with Crippen LogP contribution in [0.4, 0.5) is 11.5 Å². The number of piperidine rings is 1. The third-order valence-corrected chi connectivity index (χ3v) is 3.98. The van der Waals surface area contributed by atoms with Crippen LogP contribution in [-0.4, -0.2) is 33.1 Å². The van der Waals surface area contributed by atoms with Gasteiger partial charge in [0.25, 0.3) is 0 Å². The summed E-state index contributed by atoms with van der Waals surface area (Å²) in [6, 6.07) is -0.276. The second-order valence-electron chi connectivity index (χ2n) is 5.57. The van der Waals surface area contributed by atoms with Gasteiger partial charge in [0.1, 0.15) is 5.69 Å². The summed E-state index contributed by atoms with van der Waals surface area (Å²) in [4.78, 5) is 24.9. The highest BCUT2D eigenvalue weighted by Gasteiger charge is 2.36. The number of aromatic nitrogens is 2. The largest absolute Gasteiger partial charge is 0.341 e. The number of aryl methyl sites for hydroxylation is 2. The van der Waals surface area contributed by atoms with E-state index in [0.29, 0.717) is 24.5 Å². The zero-order valence-electron chi connectivity index (χ0n) is 12.8. The number of nitro groups is 1. The fourth-order valence-corrected chi connectivity index (χ4v) is 3.08. The summed E-state index contributed by atoms with van der Waals surface area (Å²) in [6.07, 6.45) is 4.04. The van der Waals surface area contributed by atoms with Crippen LogP contribution in [0.3, 0.4) is 0 Å². The van der Waals surface area contributed by atoms with Crippen molar-refractivity contribution in [2.45, 2.75) is 52.0 Å². The van der Waals surface area contributed by atoms with Gasteiger partial charge in [0.15, 0.2) is 5.78 Å². The smallest absolute Gasteiger partial charge is 0.334 e. The Kier molecular flexibility index (Phi) is 4.59. The highest BCUT2D eigenvalue weighted by Crippen LogP contribution is 2.35. The maximum atomic E-state index is 11.9. The molecule has 1 atom stereocenters. The fourth-order valence-electron chi connectivity index (χ4n) is 3.08. The lowest BCUT2D eigenvalue weighted by molar-refractivity contribution is -0.384. The maximum Gasteiger partial charge on any atom is 0.334 e. The van der Waals surface area contributed by atoms with Crippen LogP contribution in [-0.2, 0) is 18.3 Å². The van der Waals surface area contributed by atoms with E-state index in [1.165, 1.54) is 0 Å². The molecule has 1 fully saturated rings. The highest BCUT2D eigenvalue weighted by molar-refractivity contribution is 5.86. The van der Waals surface area contributed by atoms with Gasteiger partial charge in [-0.2, -0.15) is 5.10 Å². The van der Waals surface area contributed by atoms with Gasteiger partial charge in [-0.05, 0) is 32.6 Å². The Bertz CT molecular complexity index is 553. The van der Waals surface area contributed by atoms with Gasteiger partial charge in [-0.1, -0.05) is 13.3 Å². The topological polar surface area (TPSA) is 81.3 Å². The Hall–Kier alpha value is -1.92. The summed E-state index contributed by atoms with van der Waals surface area (Å²) in [5, 5.41) is 15.8. The zero-order valence-corrected chi connectivity index (χ0v) is 12.8. The van der Waals surface area contributed by atoms with Gasteiger partial charge in [0.05, 0.1) is 11.0 Å². The highest BCUT2D eigenvalue weighted by atomic mass is 16.6. The number of carbonyl (C=O) groups is 1. The number of hydrogen-bond donors (Lipinski definition) is 0. The van der Waals surface area contributed by atoms with Crippen molar-refractivity contribution in [3.05, 3.63) is 15.8 Å². The van der Waals surface area contributed by atoms with E-state index < -0.39 is 0 Å². The van der Waals surface area contributed by atoms with Crippen LogP contribution in [0.5, 0.6) is 0 Å². The molecule has 116 valence electrons. The molecular formula is C14H22N4O3. The lowest BCUT2D eigenvalue weighted by atomic mass is 9.99. The molecule has 0 aromatic carbocycles. The van der Waals surface area contributed by atoms with E-state index in [2.05, 4.69) is 5.10 Å². The van der Waals surface area contributed by atoms with E-state index in [1.54, 1.807) is 18.7 Å². The van der Waals surface area contributed by atoms with Crippen molar-refractivity contribution < 1.29 is 9.72 Å². The Balaban J connectivity index is 2.50. The van der Waals surface area contributed by atoms with E-state index in [9.17, 15) is 14.9 Å². The lowest BCUT2D eigenvalue weighted by Crippen LogP contribution is -2.45. The molecule has 0 radical (unpaired) electrons. The van der Waals surface area contributed by atoms with Crippen molar-refractivity contribution >= 4 is 17.3 Å². The molecule has 1 saturated heterocycles. The summed E-state index contributed by atoms with van der Waals surface area (Å²) < 4.78 is 1.56. The first kappa shape index (κ1) is 15.5. The second kappa shape index (κ2) is 6.24.